The molecule has 4 heteroatoms. The number of carbonyl (C=O) groups is 1. The molecule has 1 atom stereocenters. The summed E-state index contributed by atoms with van der Waals surface area (Å²) < 4.78 is 0. The number of benzene rings is 1. The maximum atomic E-state index is 12.3. The number of hydrogen-bond acceptors (Lipinski definition) is 2. The minimum Gasteiger partial charge on any atom is -0.319 e. The largest absolute Gasteiger partial charge is 0.319 e. The number of nitrogens with one attached hydrogen (secondary N) is 1. The third kappa shape index (κ3) is 3.09. The third-order valence-corrected chi connectivity index (χ3v) is 5.24. The second-order valence-electron chi connectivity index (χ2n) is 6.22. The molecule has 1 saturated carbocycles. The van der Waals surface area contributed by atoms with Crippen molar-refractivity contribution in [3.8, 4) is 0 Å². The van der Waals surface area contributed by atoms with Crippen molar-refractivity contribution < 1.29 is 4.79 Å². The molecule has 0 radical (unpaired) electrons. The summed E-state index contributed by atoms with van der Waals surface area (Å²) in [4.78, 5) is 14.4. The van der Waals surface area contributed by atoms with E-state index >= 15 is 0 Å². The summed E-state index contributed by atoms with van der Waals surface area (Å²) in [7, 11) is 0. The molecule has 1 aromatic carbocycles. The van der Waals surface area contributed by atoms with Crippen molar-refractivity contribution in [2.75, 3.05) is 6.54 Å². The van der Waals surface area contributed by atoms with Crippen LogP contribution in [0.5, 0.6) is 0 Å². The molecule has 1 heterocycles. The van der Waals surface area contributed by atoms with Gasteiger partial charge in [-0.3, -0.25) is 10.1 Å². The minimum absolute atomic E-state index is 0.0120. The predicted octanol–water partition coefficient (Wildman–Crippen LogP) is 3.74. The highest BCUT2D eigenvalue weighted by molar-refractivity contribution is 6.30. The van der Waals surface area contributed by atoms with Crippen molar-refractivity contribution in [2.24, 2.45) is 5.92 Å². The summed E-state index contributed by atoms with van der Waals surface area (Å²) in [6, 6.07) is 8.21. The van der Waals surface area contributed by atoms with Crippen molar-refractivity contribution in [1.29, 1.82) is 0 Å². The molecule has 0 bridgehead atoms. The Labute approximate surface area is 131 Å². The summed E-state index contributed by atoms with van der Waals surface area (Å²) in [6.45, 7) is 2.71. The van der Waals surface area contributed by atoms with Gasteiger partial charge in [-0.15, -0.1) is 0 Å². The van der Waals surface area contributed by atoms with Gasteiger partial charge in [-0.1, -0.05) is 37.1 Å². The van der Waals surface area contributed by atoms with Gasteiger partial charge in [0.05, 0.1) is 6.54 Å². The summed E-state index contributed by atoms with van der Waals surface area (Å²) in [5, 5.41) is 4.08. The molecule has 1 N–H and O–H groups in total. The zero-order valence-electron chi connectivity index (χ0n) is 12.5. The Bertz CT molecular complexity index is 494. The van der Waals surface area contributed by atoms with Crippen LogP contribution in [0.4, 0.5) is 0 Å². The molecular formula is C17H23ClN2O. The Morgan fingerprint density at radius 1 is 1.19 bits per heavy atom. The fourth-order valence-electron chi connectivity index (χ4n) is 3.69. The van der Waals surface area contributed by atoms with Crippen LogP contribution < -0.4 is 5.32 Å². The van der Waals surface area contributed by atoms with Gasteiger partial charge in [0.15, 0.2) is 0 Å². The lowest BCUT2D eigenvalue weighted by molar-refractivity contribution is -0.131. The molecular weight excluding hydrogens is 284 g/mol. The van der Waals surface area contributed by atoms with E-state index in [1.165, 1.54) is 19.3 Å². The van der Waals surface area contributed by atoms with Crippen LogP contribution in [0.3, 0.4) is 0 Å². The molecule has 1 amide bonds. The number of halogens is 1. The molecule has 21 heavy (non-hydrogen) atoms. The van der Waals surface area contributed by atoms with Crippen molar-refractivity contribution in [1.82, 2.24) is 10.2 Å². The van der Waals surface area contributed by atoms with Crippen molar-refractivity contribution in [3.05, 3.63) is 34.9 Å². The minimum atomic E-state index is 0.0120. The molecule has 0 spiro atoms. The van der Waals surface area contributed by atoms with Crippen molar-refractivity contribution in [3.63, 3.8) is 0 Å². The molecule has 114 valence electrons. The van der Waals surface area contributed by atoms with E-state index in [0.717, 1.165) is 29.3 Å². The Hall–Kier alpha value is -1.06. The van der Waals surface area contributed by atoms with Gasteiger partial charge in [-0.2, -0.15) is 0 Å². The van der Waals surface area contributed by atoms with E-state index in [1.807, 2.05) is 24.3 Å². The number of carbonyl (C=O) groups excluding carboxylic acids is 1. The van der Waals surface area contributed by atoms with Crippen LogP contribution in [0.1, 0.15) is 50.8 Å². The van der Waals surface area contributed by atoms with Crippen LogP contribution in [0.15, 0.2) is 24.3 Å². The molecule has 0 aromatic heterocycles. The monoisotopic (exact) mass is 306 g/mol. The quantitative estimate of drug-likeness (QED) is 0.922. The zero-order chi connectivity index (χ0) is 14.8. The SMILES string of the molecule is CCC1CCC(N2C(=O)CNC2c2ccc(Cl)cc2)CC1. The Kier molecular flexibility index (Phi) is 4.51. The first-order chi connectivity index (χ1) is 10.2. The molecule has 2 aliphatic rings. The zero-order valence-corrected chi connectivity index (χ0v) is 13.3. The van der Waals surface area contributed by atoms with Crippen LogP contribution in [-0.4, -0.2) is 23.4 Å². The third-order valence-electron chi connectivity index (χ3n) is 4.99. The standard InChI is InChI=1S/C17H23ClN2O/c1-2-12-3-9-15(10-4-12)20-16(21)11-19-17(20)13-5-7-14(18)8-6-13/h5-8,12,15,17,19H,2-4,9-11H2,1H3. The number of hydrogen-bond donors (Lipinski definition) is 1. The van der Waals surface area contributed by atoms with Gasteiger partial charge in [0, 0.05) is 11.1 Å². The maximum Gasteiger partial charge on any atom is 0.238 e. The second kappa shape index (κ2) is 6.37. The first-order valence-electron chi connectivity index (χ1n) is 7.99. The smallest absolute Gasteiger partial charge is 0.238 e. The van der Waals surface area contributed by atoms with Gasteiger partial charge in [-0.25, -0.2) is 0 Å². The molecule has 3 nitrogen and oxygen atoms in total. The number of nitrogens with zero attached hydrogens (tertiary/aromatic N) is 1. The lowest BCUT2D eigenvalue weighted by Crippen LogP contribution is -2.41. The number of amides is 1. The van der Waals surface area contributed by atoms with E-state index < -0.39 is 0 Å². The van der Waals surface area contributed by atoms with Gasteiger partial charge in [0.2, 0.25) is 5.91 Å². The first-order valence-corrected chi connectivity index (χ1v) is 8.37. The molecule has 1 saturated heterocycles. The van der Waals surface area contributed by atoms with E-state index in [1.54, 1.807) is 0 Å². The van der Waals surface area contributed by atoms with E-state index in [0.29, 0.717) is 12.6 Å². The summed E-state index contributed by atoms with van der Waals surface area (Å²) in [5.74, 6) is 1.08. The average Bonchev–Trinajstić information content (AvgIpc) is 2.90. The van der Waals surface area contributed by atoms with E-state index in [2.05, 4.69) is 17.1 Å². The fraction of sp³-hybridized carbons (Fsp3) is 0.588. The predicted molar refractivity (Wildman–Crippen MR) is 85.1 cm³/mol. The van der Waals surface area contributed by atoms with E-state index in [9.17, 15) is 4.79 Å². The van der Waals surface area contributed by atoms with Crippen LogP contribution in [0, 0.1) is 5.92 Å². The lowest BCUT2D eigenvalue weighted by Gasteiger charge is -2.37. The highest BCUT2D eigenvalue weighted by atomic mass is 35.5. The van der Waals surface area contributed by atoms with Gasteiger partial charge in [0.25, 0.3) is 0 Å². The molecule has 1 aromatic rings. The summed E-state index contributed by atoms with van der Waals surface area (Å²) >= 11 is 5.96. The van der Waals surface area contributed by atoms with Crippen LogP contribution in [-0.2, 0) is 4.79 Å². The second-order valence-corrected chi connectivity index (χ2v) is 6.66. The van der Waals surface area contributed by atoms with Crippen LogP contribution in [0.25, 0.3) is 0 Å². The molecule has 3 rings (SSSR count). The average molecular weight is 307 g/mol. The number of rotatable bonds is 3. The molecule has 1 unspecified atom stereocenters. The maximum absolute atomic E-state index is 12.3. The van der Waals surface area contributed by atoms with Crippen molar-refractivity contribution >= 4 is 17.5 Å². The van der Waals surface area contributed by atoms with Crippen LogP contribution >= 0.6 is 11.6 Å². The molecule has 1 aliphatic carbocycles. The van der Waals surface area contributed by atoms with Crippen molar-refractivity contribution in [2.45, 2.75) is 51.2 Å². The molecule has 2 fully saturated rings. The lowest BCUT2D eigenvalue weighted by atomic mass is 9.83. The Balaban J connectivity index is 1.75. The highest BCUT2D eigenvalue weighted by Gasteiger charge is 2.38. The Morgan fingerprint density at radius 3 is 2.48 bits per heavy atom. The first kappa shape index (κ1) is 14.9. The van der Waals surface area contributed by atoms with E-state index in [4.69, 9.17) is 11.6 Å². The molecule has 1 aliphatic heterocycles. The normalized spacial score (nSPS) is 29.9. The summed E-state index contributed by atoms with van der Waals surface area (Å²) in [5.41, 5.74) is 1.13. The van der Waals surface area contributed by atoms with Crippen LogP contribution in [0.2, 0.25) is 5.02 Å². The fourth-order valence-corrected chi connectivity index (χ4v) is 3.81. The van der Waals surface area contributed by atoms with Gasteiger partial charge >= 0.3 is 0 Å². The highest BCUT2D eigenvalue weighted by Crippen LogP contribution is 2.35. The van der Waals surface area contributed by atoms with Gasteiger partial charge in [0.1, 0.15) is 6.17 Å². The summed E-state index contributed by atoms with van der Waals surface area (Å²) in [6.07, 6.45) is 6.04. The van der Waals surface area contributed by atoms with E-state index in [-0.39, 0.29) is 12.1 Å². The topological polar surface area (TPSA) is 32.3 Å². The Morgan fingerprint density at radius 2 is 1.86 bits per heavy atom. The van der Waals surface area contributed by atoms with Gasteiger partial charge < -0.3 is 4.90 Å². The van der Waals surface area contributed by atoms with Gasteiger partial charge in [-0.05, 0) is 49.3 Å².